The van der Waals surface area contributed by atoms with Crippen molar-refractivity contribution in [1.29, 1.82) is 0 Å². The zero-order valence-corrected chi connectivity index (χ0v) is 29.2. The first-order valence-corrected chi connectivity index (χ1v) is 13.4. The number of aromatic nitrogens is 2. The molecule has 5 nitrogen and oxygen atoms in total. The first kappa shape index (κ1) is 34.7. The van der Waals surface area contributed by atoms with Crippen LogP contribution in [-0.4, -0.2) is 21.5 Å². The molecule has 1 aliphatic rings. The molecule has 0 N–H and O–H groups in total. The molecule has 44 heavy (non-hydrogen) atoms. The van der Waals surface area contributed by atoms with Crippen molar-refractivity contribution in [3.8, 4) is 39.9 Å². The zero-order chi connectivity index (χ0) is 29.5. The summed E-state index contributed by atoms with van der Waals surface area (Å²) >= 11 is 0. The topological polar surface area (TPSA) is 33.5 Å². The van der Waals surface area contributed by atoms with Gasteiger partial charge in [0.25, 0.3) is 0 Å². The SMILES string of the molecule is CN1C=CN(c2[c-]c(Oc3[c-]c(-c4[c-]c(-c5[c-]cccc5)ccn4)[c-]cc3C(C)(C)C)ccc2)[CH-]1.[C-]#Cn1cccc1.[Pt+4].[Pt]. The number of ether oxygens (including phenoxy) is 1. The molecular formula is C37H29N4OPt2-3. The van der Waals surface area contributed by atoms with Crippen LogP contribution in [0, 0.1) is 49.5 Å². The van der Waals surface area contributed by atoms with Gasteiger partial charge in [0, 0.05) is 39.2 Å². The van der Waals surface area contributed by atoms with Crippen LogP contribution < -0.4 is 9.64 Å². The minimum absolute atomic E-state index is 0. The number of rotatable bonds is 5. The molecule has 0 saturated carbocycles. The number of hydrogen-bond donors (Lipinski definition) is 0. The molecule has 2 aromatic heterocycles. The largest absolute Gasteiger partial charge is 4.00 e. The van der Waals surface area contributed by atoms with E-state index in [0.717, 1.165) is 22.4 Å². The van der Waals surface area contributed by atoms with E-state index in [9.17, 15) is 0 Å². The Morgan fingerprint density at radius 2 is 1.70 bits per heavy atom. The minimum Gasteiger partial charge on any atom is -0.669 e. The first-order chi connectivity index (χ1) is 20.3. The third-order valence-electron chi connectivity index (χ3n) is 6.33. The standard InChI is InChI=1S/C31H25N3O.C6H4N.2Pt/c1-31(2,3)28-14-13-25(29-19-24(15-16-32-29)23-9-6-5-7-10-23)20-30(28)35-27-12-8-11-26(21-27)34-18-17-33(4)22-34;1-2-7-5-3-4-6-7;;/h5-9,11-12,14-18,22H,1-4H3;3-6H;;/q-6;-1;;+4. The average Bonchev–Trinajstić information content (AvgIpc) is 3.70. The molecule has 0 atom stereocenters. The van der Waals surface area contributed by atoms with Crippen LogP contribution in [0.3, 0.4) is 0 Å². The molecule has 5 aromatic rings. The number of pyridine rings is 1. The van der Waals surface area contributed by atoms with Crippen molar-refractivity contribution in [3.05, 3.63) is 147 Å². The van der Waals surface area contributed by atoms with E-state index in [-0.39, 0.29) is 47.5 Å². The van der Waals surface area contributed by atoms with Gasteiger partial charge in [-0.25, -0.2) is 23.2 Å². The molecule has 6 rings (SSSR count). The van der Waals surface area contributed by atoms with Gasteiger partial charge in [-0.15, -0.1) is 30.0 Å². The third-order valence-corrected chi connectivity index (χ3v) is 6.33. The molecule has 3 heterocycles. The molecule has 0 radical (unpaired) electrons. The second kappa shape index (κ2) is 15.8. The van der Waals surface area contributed by atoms with Gasteiger partial charge in [-0.2, -0.15) is 54.3 Å². The monoisotopic (exact) mass is 935 g/mol. The summed E-state index contributed by atoms with van der Waals surface area (Å²) in [6, 6.07) is 40.2. The second-order valence-electron chi connectivity index (χ2n) is 10.6. The molecule has 226 valence electrons. The normalized spacial score (nSPS) is 11.9. The summed E-state index contributed by atoms with van der Waals surface area (Å²) in [5, 5.41) is 0. The van der Waals surface area contributed by atoms with Gasteiger partial charge in [-0.3, -0.25) is 12.1 Å². The zero-order valence-electron chi connectivity index (χ0n) is 24.6. The smallest absolute Gasteiger partial charge is 0.669 e. The summed E-state index contributed by atoms with van der Waals surface area (Å²) in [5.74, 6) is 1.24. The van der Waals surface area contributed by atoms with Crippen molar-refractivity contribution in [2.24, 2.45) is 0 Å². The maximum absolute atomic E-state index is 6.57. The van der Waals surface area contributed by atoms with Crippen LogP contribution in [0.25, 0.3) is 22.4 Å². The number of hydrogen-bond acceptors (Lipinski definition) is 4. The first-order valence-electron chi connectivity index (χ1n) is 13.4. The molecule has 3 aromatic carbocycles. The average molecular weight is 936 g/mol. The van der Waals surface area contributed by atoms with Crippen LogP contribution in [0.4, 0.5) is 5.69 Å². The van der Waals surface area contributed by atoms with Gasteiger partial charge in [-0.1, -0.05) is 31.9 Å². The third kappa shape index (κ3) is 8.85. The Labute approximate surface area is 290 Å². The summed E-state index contributed by atoms with van der Waals surface area (Å²) in [6.45, 7) is 8.42. The van der Waals surface area contributed by atoms with Gasteiger partial charge in [0.1, 0.15) is 0 Å². The molecule has 0 aliphatic carbocycles. The van der Waals surface area contributed by atoms with Crippen LogP contribution >= 0.6 is 0 Å². The van der Waals surface area contributed by atoms with E-state index in [1.54, 1.807) is 23.2 Å². The summed E-state index contributed by atoms with van der Waals surface area (Å²) in [5.41, 5.74) is 4.96. The van der Waals surface area contributed by atoms with Crippen molar-refractivity contribution in [3.63, 3.8) is 0 Å². The number of anilines is 1. The van der Waals surface area contributed by atoms with Crippen LogP contribution in [0.5, 0.6) is 11.5 Å². The van der Waals surface area contributed by atoms with Gasteiger partial charge < -0.3 is 42.1 Å². The van der Waals surface area contributed by atoms with Crippen molar-refractivity contribution >= 4 is 5.69 Å². The van der Waals surface area contributed by atoms with E-state index in [1.807, 2.05) is 103 Å². The molecule has 0 saturated heterocycles. The van der Waals surface area contributed by atoms with Gasteiger partial charge in [-0.05, 0) is 37.8 Å². The maximum Gasteiger partial charge on any atom is 4.00 e. The van der Waals surface area contributed by atoms with E-state index in [2.05, 4.69) is 62.1 Å². The summed E-state index contributed by atoms with van der Waals surface area (Å²) in [4.78, 5) is 8.51. The predicted octanol–water partition coefficient (Wildman–Crippen LogP) is 7.73. The molecule has 0 amide bonds. The van der Waals surface area contributed by atoms with E-state index in [4.69, 9.17) is 11.2 Å². The Morgan fingerprint density at radius 1 is 0.909 bits per heavy atom. The Balaban J connectivity index is 0.000000520. The molecular weight excluding hydrogens is 907 g/mol. The Morgan fingerprint density at radius 3 is 2.34 bits per heavy atom. The van der Waals surface area contributed by atoms with E-state index >= 15 is 0 Å². The molecule has 0 spiro atoms. The van der Waals surface area contributed by atoms with Crippen LogP contribution in [0.1, 0.15) is 26.3 Å². The Hall–Kier alpha value is -3.83. The van der Waals surface area contributed by atoms with Crippen molar-refractivity contribution in [1.82, 2.24) is 14.5 Å². The summed E-state index contributed by atoms with van der Waals surface area (Å²) < 4.78 is 7.92. The van der Waals surface area contributed by atoms with Gasteiger partial charge in [0.15, 0.2) is 0 Å². The maximum atomic E-state index is 6.57. The summed E-state index contributed by atoms with van der Waals surface area (Å²) in [6.07, 6.45) is 15.8. The number of benzene rings is 3. The number of nitrogens with zero attached hydrogens (tertiary/aromatic N) is 4. The molecule has 0 fully saturated rings. The van der Waals surface area contributed by atoms with Crippen LogP contribution in [0.2, 0.25) is 0 Å². The molecule has 7 heteroatoms. The van der Waals surface area contributed by atoms with E-state index in [1.165, 1.54) is 0 Å². The van der Waals surface area contributed by atoms with Crippen molar-refractivity contribution in [2.75, 3.05) is 11.9 Å². The van der Waals surface area contributed by atoms with Crippen LogP contribution in [-0.2, 0) is 47.5 Å². The van der Waals surface area contributed by atoms with Crippen molar-refractivity contribution < 1.29 is 46.9 Å². The second-order valence-corrected chi connectivity index (χ2v) is 10.6. The fraction of sp³-hybridized carbons (Fsp3) is 0.135. The van der Waals surface area contributed by atoms with E-state index < -0.39 is 0 Å². The van der Waals surface area contributed by atoms with Crippen molar-refractivity contribution in [2.45, 2.75) is 26.2 Å². The van der Waals surface area contributed by atoms with Crippen LogP contribution in [0.15, 0.2) is 97.7 Å². The quantitative estimate of drug-likeness (QED) is 0.134. The van der Waals surface area contributed by atoms with Gasteiger partial charge in [0.05, 0.1) is 0 Å². The molecule has 0 unspecified atom stereocenters. The summed E-state index contributed by atoms with van der Waals surface area (Å²) in [7, 11) is 1.99. The van der Waals surface area contributed by atoms with E-state index in [0.29, 0.717) is 22.8 Å². The van der Waals surface area contributed by atoms with Gasteiger partial charge >= 0.3 is 21.1 Å². The predicted molar refractivity (Wildman–Crippen MR) is 165 cm³/mol. The Bertz CT molecular complexity index is 1700. The fourth-order valence-electron chi connectivity index (χ4n) is 4.18. The van der Waals surface area contributed by atoms with Gasteiger partial charge in [0.2, 0.25) is 0 Å². The fourth-order valence-corrected chi connectivity index (χ4v) is 4.18. The Kier molecular flexibility index (Phi) is 12.4. The molecule has 1 aliphatic heterocycles. The molecule has 0 bridgehead atoms. The minimum atomic E-state index is -0.162.